The lowest BCUT2D eigenvalue weighted by atomic mass is 10.3. The van der Waals surface area contributed by atoms with E-state index in [1.54, 1.807) is 42.6 Å². The first kappa shape index (κ1) is 13.2. The van der Waals surface area contributed by atoms with E-state index in [0.29, 0.717) is 17.1 Å². The molecule has 98 valence electrons. The van der Waals surface area contributed by atoms with E-state index in [2.05, 4.69) is 10.3 Å². The molecule has 0 atom stereocenters. The molecule has 0 saturated carbocycles. The van der Waals surface area contributed by atoms with E-state index in [9.17, 15) is 4.79 Å². The molecule has 0 saturated heterocycles. The highest BCUT2D eigenvalue weighted by atomic mass is 35.5. The van der Waals surface area contributed by atoms with Crippen molar-refractivity contribution in [2.24, 2.45) is 0 Å². The van der Waals surface area contributed by atoms with Gasteiger partial charge in [-0.05, 0) is 24.3 Å². The molecule has 1 aromatic carbocycles. The van der Waals surface area contributed by atoms with Crippen LogP contribution >= 0.6 is 11.6 Å². The number of hydrogen-bond acceptors (Lipinski definition) is 4. The molecule has 0 bridgehead atoms. The first-order valence-electron chi connectivity index (χ1n) is 5.54. The lowest BCUT2D eigenvalue weighted by Gasteiger charge is -2.09. The largest absolute Gasteiger partial charge is 0.482 e. The summed E-state index contributed by atoms with van der Waals surface area (Å²) >= 11 is 5.82. The van der Waals surface area contributed by atoms with Gasteiger partial charge in [0, 0.05) is 6.20 Å². The monoisotopic (exact) mass is 277 g/mol. The molecule has 1 amide bonds. The van der Waals surface area contributed by atoms with Gasteiger partial charge in [-0.3, -0.25) is 4.79 Å². The topological polar surface area (TPSA) is 77.2 Å². The predicted molar refractivity (Wildman–Crippen MR) is 74.2 cm³/mol. The lowest BCUT2D eigenvalue weighted by Crippen LogP contribution is -2.20. The van der Waals surface area contributed by atoms with Crippen LogP contribution in [0.25, 0.3) is 0 Å². The maximum atomic E-state index is 11.7. The van der Waals surface area contributed by atoms with Crippen molar-refractivity contribution in [2.45, 2.75) is 0 Å². The molecule has 2 aromatic rings. The second kappa shape index (κ2) is 6.06. The molecular weight excluding hydrogens is 266 g/mol. The molecule has 1 heterocycles. The van der Waals surface area contributed by atoms with E-state index < -0.39 is 0 Å². The molecule has 0 aliphatic carbocycles. The van der Waals surface area contributed by atoms with Crippen LogP contribution in [0.3, 0.4) is 0 Å². The molecule has 6 heteroatoms. The average Bonchev–Trinajstić information content (AvgIpc) is 2.40. The Morgan fingerprint density at radius 3 is 2.84 bits per heavy atom. The van der Waals surface area contributed by atoms with Gasteiger partial charge in [-0.15, -0.1) is 0 Å². The van der Waals surface area contributed by atoms with Crippen LogP contribution in [0.4, 0.5) is 11.4 Å². The summed E-state index contributed by atoms with van der Waals surface area (Å²) in [7, 11) is 0. The van der Waals surface area contributed by atoms with Gasteiger partial charge < -0.3 is 15.8 Å². The second-order valence-corrected chi connectivity index (χ2v) is 4.07. The van der Waals surface area contributed by atoms with Crippen molar-refractivity contribution in [3.05, 3.63) is 47.7 Å². The third kappa shape index (κ3) is 3.59. The number of carbonyl (C=O) groups is 1. The van der Waals surface area contributed by atoms with Crippen LogP contribution in [0, 0.1) is 0 Å². The van der Waals surface area contributed by atoms with E-state index in [1.807, 2.05) is 0 Å². The Morgan fingerprint density at radius 2 is 2.11 bits per heavy atom. The first-order chi connectivity index (χ1) is 9.16. The molecule has 0 aliphatic heterocycles. The van der Waals surface area contributed by atoms with Crippen molar-refractivity contribution in [3.8, 4) is 5.75 Å². The number of nitrogen functional groups attached to an aromatic ring is 1. The molecule has 3 N–H and O–H groups in total. The number of anilines is 2. The standard InChI is InChI=1S/C13H12ClN3O2/c14-13-10(5-3-7-16-13)17-12(18)8-19-11-6-2-1-4-9(11)15/h1-7H,8,15H2,(H,17,18). The predicted octanol–water partition coefficient (Wildman–Crippen LogP) is 2.33. The Morgan fingerprint density at radius 1 is 1.32 bits per heavy atom. The Hall–Kier alpha value is -2.27. The zero-order chi connectivity index (χ0) is 13.7. The van der Waals surface area contributed by atoms with Crippen LogP contribution in [0.15, 0.2) is 42.6 Å². The fraction of sp³-hybridized carbons (Fsp3) is 0.0769. The number of carbonyl (C=O) groups excluding carboxylic acids is 1. The van der Waals surface area contributed by atoms with E-state index in [1.165, 1.54) is 0 Å². The molecular formula is C13H12ClN3O2. The van der Waals surface area contributed by atoms with Crippen molar-refractivity contribution < 1.29 is 9.53 Å². The normalized spacial score (nSPS) is 9.95. The Labute approximate surface area is 115 Å². The lowest BCUT2D eigenvalue weighted by molar-refractivity contribution is -0.118. The minimum atomic E-state index is -0.335. The zero-order valence-electron chi connectivity index (χ0n) is 9.97. The summed E-state index contributed by atoms with van der Waals surface area (Å²) in [5.41, 5.74) is 6.62. The summed E-state index contributed by atoms with van der Waals surface area (Å²) in [4.78, 5) is 15.5. The fourth-order valence-corrected chi connectivity index (χ4v) is 1.59. The molecule has 5 nitrogen and oxygen atoms in total. The Kier molecular flexibility index (Phi) is 4.20. The number of nitrogens with one attached hydrogen (secondary N) is 1. The third-order valence-electron chi connectivity index (χ3n) is 2.31. The Bertz CT molecular complexity index is 590. The molecule has 1 aromatic heterocycles. The van der Waals surface area contributed by atoms with Crippen LogP contribution < -0.4 is 15.8 Å². The molecule has 19 heavy (non-hydrogen) atoms. The summed E-state index contributed by atoms with van der Waals surface area (Å²) in [5.74, 6) is 0.132. The van der Waals surface area contributed by atoms with Gasteiger partial charge in [0.25, 0.3) is 5.91 Å². The third-order valence-corrected chi connectivity index (χ3v) is 2.61. The minimum Gasteiger partial charge on any atom is -0.482 e. The van der Waals surface area contributed by atoms with E-state index in [4.69, 9.17) is 22.1 Å². The number of amides is 1. The number of benzene rings is 1. The van der Waals surface area contributed by atoms with E-state index in [0.717, 1.165) is 0 Å². The number of aromatic nitrogens is 1. The molecule has 0 spiro atoms. The summed E-state index contributed by atoms with van der Waals surface area (Å²) in [5, 5.41) is 2.83. The van der Waals surface area contributed by atoms with Crippen molar-refractivity contribution in [2.75, 3.05) is 17.7 Å². The smallest absolute Gasteiger partial charge is 0.262 e. The molecule has 0 aliphatic rings. The highest BCUT2D eigenvalue weighted by molar-refractivity contribution is 6.32. The summed E-state index contributed by atoms with van der Waals surface area (Å²) < 4.78 is 5.31. The van der Waals surface area contributed by atoms with Crippen molar-refractivity contribution in [1.29, 1.82) is 0 Å². The first-order valence-corrected chi connectivity index (χ1v) is 5.92. The van der Waals surface area contributed by atoms with Crippen molar-refractivity contribution >= 4 is 28.9 Å². The van der Waals surface area contributed by atoms with E-state index in [-0.39, 0.29) is 17.7 Å². The molecule has 0 radical (unpaired) electrons. The highest BCUT2D eigenvalue weighted by Gasteiger charge is 2.07. The van der Waals surface area contributed by atoms with Gasteiger partial charge in [0.05, 0.1) is 11.4 Å². The maximum absolute atomic E-state index is 11.7. The second-order valence-electron chi connectivity index (χ2n) is 3.72. The summed E-state index contributed by atoms with van der Waals surface area (Å²) in [6.07, 6.45) is 1.54. The van der Waals surface area contributed by atoms with Gasteiger partial charge in [-0.1, -0.05) is 23.7 Å². The summed E-state index contributed by atoms with van der Waals surface area (Å²) in [6.45, 7) is -0.153. The van der Waals surface area contributed by atoms with Gasteiger partial charge >= 0.3 is 0 Å². The van der Waals surface area contributed by atoms with Crippen LogP contribution in [-0.2, 0) is 4.79 Å². The number of nitrogens with two attached hydrogens (primary N) is 1. The Balaban J connectivity index is 1.92. The number of halogens is 1. The van der Waals surface area contributed by atoms with Crippen LogP contribution in [0.1, 0.15) is 0 Å². The van der Waals surface area contributed by atoms with Gasteiger partial charge in [-0.25, -0.2) is 4.98 Å². The van der Waals surface area contributed by atoms with E-state index >= 15 is 0 Å². The molecule has 0 fully saturated rings. The quantitative estimate of drug-likeness (QED) is 0.664. The maximum Gasteiger partial charge on any atom is 0.262 e. The van der Waals surface area contributed by atoms with Crippen LogP contribution in [0.5, 0.6) is 5.75 Å². The van der Waals surface area contributed by atoms with Gasteiger partial charge in [0.1, 0.15) is 5.75 Å². The minimum absolute atomic E-state index is 0.153. The fourth-order valence-electron chi connectivity index (χ4n) is 1.42. The van der Waals surface area contributed by atoms with Gasteiger partial charge in [0.15, 0.2) is 11.8 Å². The highest BCUT2D eigenvalue weighted by Crippen LogP contribution is 2.20. The number of hydrogen-bond donors (Lipinski definition) is 2. The van der Waals surface area contributed by atoms with Crippen molar-refractivity contribution in [1.82, 2.24) is 4.98 Å². The number of nitrogens with zero attached hydrogens (tertiary/aromatic N) is 1. The number of rotatable bonds is 4. The summed E-state index contributed by atoms with van der Waals surface area (Å²) in [6, 6.07) is 10.3. The SMILES string of the molecule is Nc1ccccc1OCC(=O)Nc1cccnc1Cl. The molecule has 0 unspecified atom stereocenters. The number of para-hydroxylation sites is 2. The zero-order valence-corrected chi connectivity index (χ0v) is 10.7. The average molecular weight is 278 g/mol. The van der Waals surface area contributed by atoms with Gasteiger partial charge in [-0.2, -0.15) is 0 Å². The number of ether oxygens (including phenoxy) is 1. The van der Waals surface area contributed by atoms with Crippen molar-refractivity contribution in [3.63, 3.8) is 0 Å². The van der Waals surface area contributed by atoms with Crippen LogP contribution in [-0.4, -0.2) is 17.5 Å². The van der Waals surface area contributed by atoms with Gasteiger partial charge in [0.2, 0.25) is 0 Å². The van der Waals surface area contributed by atoms with Crippen LogP contribution in [0.2, 0.25) is 5.15 Å². The molecule has 2 rings (SSSR count). The number of pyridine rings is 1.